The van der Waals surface area contributed by atoms with E-state index in [9.17, 15) is 27.9 Å². The van der Waals surface area contributed by atoms with Gasteiger partial charge in [0.05, 0.1) is 5.41 Å². The summed E-state index contributed by atoms with van der Waals surface area (Å²) in [5, 5.41) is 16.7. The summed E-state index contributed by atoms with van der Waals surface area (Å²) in [4.78, 5) is 24.3. The average molecular weight is 381 g/mol. The Morgan fingerprint density at radius 1 is 1.30 bits per heavy atom. The summed E-state index contributed by atoms with van der Waals surface area (Å²) in [5.74, 6) is -3.43. The van der Waals surface area contributed by atoms with E-state index in [1.165, 1.54) is 19.1 Å². The van der Waals surface area contributed by atoms with Crippen LogP contribution >= 0.6 is 0 Å². The van der Waals surface area contributed by atoms with Crippen molar-refractivity contribution in [3.05, 3.63) is 53.8 Å². The first-order chi connectivity index (χ1) is 12.7. The molecule has 4 N–H and O–H groups in total. The highest BCUT2D eigenvalue weighted by Crippen LogP contribution is 2.47. The second-order valence-electron chi connectivity index (χ2n) is 6.70. The monoisotopic (exact) mass is 381 g/mol. The molecule has 0 aromatic heterocycles. The van der Waals surface area contributed by atoms with E-state index in [-0.39, 0.29) is 12.2 Å². The summed E-state index contributed by atoms with van der Waals surface area (Å²) in [6.45, 7) is 1.25. The molecule has 6 nitrogen and oxygen atoms in total. The van der Waals surface area contributed by atoms with Crippen LogP contribution in [0, 0.1) is 17.2 Å². The molecule has 3 amide bonds. The van der Waals surface area contributed by atoms with Crippen LogP contribution in [-0.2, 0) is 4.79 Å². The number of amides is 3. The smallest absolute Gasteiger partial charge is 0.319 e. The molecule has 0 bridgehead atoms. The molecule has 1 aliphatic carbocycles. The molecule has 2 aliphatic rings. The number of alkyl halides is 1. The molecule has 1 aromatic rings. The van der Waals surface area contributed by atoms with Crippen molar-refractivity contribution in [3.8, 4) is 0 Å². The van der Waals surface area contributed by atoms with Crippen molar-refractivity contribution in [2.24, 2.45) is 11.3 Å². The third kappa shape index (κ3) is 3.49. The van der Waals surface area contributed by atoms with E-state index in [0.29, 0.717) is 0 Å². The van der Waals surface area contributed by atoms with Gasteiger partial charge in [0.1, 0.15) is 29.6 Å². The Hall–Kier alpha value is -2.97. The lowest BCUT2D eigenvalue weighted by molar-refractivity contribution is -0.121. The number of hydrogen-bond acceptors (Lipinski definition) is 3. The number of halogens is 3. The van der Waals surface area contributed by atoms with Crippen molar-refractivity contribution in [2.45, 2.75) is 19.1 Å². The van der Waals surface area contributed by atoms with Crippen LogP contribution < -0.4 is 16.0 Å². The van der Waals surface area contributed by atoms with Gasteiger partial charge < -0.3 is 21.1 Å². The normalized spacial score (nSPS) is 30.2. The highest BCUT2D eigenvalue weighted by atomic mass is 19.1. The van der Waals surface area contributed by atoms with Crippen molar-refractivity contribution in [1.29, 1.82) is 0 Å². The van der Waals surface area contributed by atoms with E-state index in [4.69, 9.17) is 0 Å². The van der Waals surface area contributed by atoms with Crippen molar-refractivity contribution in [3.63, 3.8) is 0 Å². The van der Waals surface area contributed by atoms with Gasteiger partial charge in [0.2, 0.25) is 5.91 Å². The van der Waals surface area contributed by atoms with Crippen molar-refractivity contribution >= 4 is 17.6 Å². The Balaban J connectivity index is 1.77. The molecule has 1 aromatic carbocycles. The number of anilines is 1. The Morgan fingerprint density at radius 3 is 2.59 bits per heavy atom. The Morgan fingerprint density at radius 2 is 1.96 bits per heavy atom. The molecule has 1 fully saturated rings. The van der Waals surface area contributed by atoms with Gasteiger partial charge in [-0.25, -0.2) is 18.0 Å². The maximum atomic E-state index is 14.6. The molecule has 0 spiro atoms. The first-order valence-corrected chi connectivity index (χ1v) is 8.25. The first-order valence-electron chi connectivity index (χ1n) is 8.25. The molecule has 0 saturated carbocycles. The lowest BCUT2D eigenvalue weighted by atomic mass is 9.68. The Kier molecular flexibility index (Phi) is 4.86. The number of rotatable bonds is 3. The number of nitrogens with one attached hydrogen (secondary N) is 3. The molecule has 4 atom stereocenters. The maximum Gasteiger partial charge on any atom is 0.319 e. The standard InChI is InChI=1S/C18H18F3N3O3/c1-18(13(20)6-11(25)7-14(18)21)12-8-22-16(26)15(12)24-17(27)23-10-4-2-9(19)3-5-10/h2-7,12-13,15,25H,8H2,1H3,(H,22,26)(H2,23,24,27)/t12-,13?,15+,18?/m1/s1. The van der Waals surface area contributed by atoms with E-state index in [1.54, 1.807) is 0 Å². The fourth-order valence-electron chi connectivity index (χ4n) is 3.36. The topological polar surface area (TPSA) is 90.5 Å². The quantitative estimate of drug-likeness (QED) is 0.649. The van der Waals surface area contributed by atoms with Gasteiger partial charge in [-0.15, -0.1) is 0 Å². The highest BCUT2D eigenvalue weighted by molar-refractivity contribution is 5.94. The summed E-state index contributed by atoms with van der Waals surface area (Å²) in [5.41, 5.74) is -1.45. The number of aliphatic hydroxyl groups is 1. The predicted molar refractivity (Wildman–Crippen MR) is 91.7 cm³/mol. The van der Waals surface area contributed by atoms with Gasteiger partial charge in [-0.2, -0.15) is 0 Å². The zero-order valence-electron chi connectivity index (χ0n) is 14.3. The number of carbonyl (C=O) groups is 2. The minimum atomic E-state index is -1.88. The molecule has 1 heterocycles. The number of urea groups is 1. The maximum absolute atomic E-state index is 14.6. The molecule has 0 radical (unpaired) electrons. The average Bonchev–Trinajstić information content (AvgIpc) is 2.96. The highest BCUT2D eigenvalue weighted by Gasteiger charge is 2.54. The molecule has 27 heavy (non-hydrogen) atoms. The van der Waals surface area contributed by atoms with Crippen LogP contribution in [0.15, 0.2) is 48.0 Å². The summed E-state index contributed by atoms with van der Waals surface area (Å²) >= 11 is 0. The fourth-order valence-corrected chi connectivity index (χ4v) is 3.36. The minimum Gasteiger partial charge on any atom is -0.508 e. The second kappa shape index (κ2) is 6.98. The summed E-state index contributed by atoms with van der Waals surface area (Å²) in [7, 11) is 0. The van der Waals surface area contributed by atoms with Gasteiger partial charge in [0.15, 0.2) is 0 Å². The van der Waals surface area contributed by atoms with Gasteiger partial charge in [0.25, 0.3) is 0 Å². The molecule has 2 unspecified atom stereocenters. The lowest BCUT2D eigenvalue weighted by Crippen LogP contribution is -2.52. The van der Waals surface area contributed by atoms with Gasteiger partial charge >= 0.3 is 6.03 Å². The summed E-state index contributed by atoms with van der Waals surface area (Å²) in [6, 6.07) is 2.99. The molecule has 9 heteroatoms. The number of carbonyl (C=O) groups excluding carboxylic acids is 2. The Bertz CT molecular complexity index is 825. The molecule has 144 valence electrons. The van der Waals surface area contributed by atoms with Gasteiger partial charge in [-0.3, -0.25) is 4.79 Å². The van der Waals surface area contributed by atoms with Crippen LogP contribution in [0.5, 0.6) is 0 Å². The van der Waals surface area contributed by atoms with E-state index in [2.05, 4.69) is 16.0 Å². The number of benzene rings is 1. The fraction of sp³-hybridized carbons (Fsp3) is 0.333. The number of aliphatic hydroxyl groups excluding tert-OH is 1. The third-order valence-corrected chi connectivity index (χ3v) is 5.02. The number of hydrogen-bond donors (Lipinski definition) is 4. The van der Waals surface area contributed by atoms with Crippen LogP contribution in [0.3, 0.4) is 0 Å². The van der Waals surface area contributed by atoms with E-state index < -0.39 is 52.9 Å². The number of allylic oxidation sites excluding steroid dienone is 3. The second-order valence-corrected chi connectivity index (χ2v) is 6.70. The minimum absolute atomic E-state index is 0.0485. The molecule has 1 aliphatic heterocycles. The van der Waals surface area contributed by atoms with E-state index >= 15 is 0 Å². The molecule has 3 rings (SSSR count). The van der Waals surface area contributed by atoms with Crippen molar-refractivity contribution in [2.75, 3.05) is 11.9 Å². The molecular weight excluding hydrogens is 363 g/mol. The van der Waals surface area contributed by atoms with Crippen molar-refractivity contribution in [1.82, 2.24) is 10.6 Å². The van der Waals surface area contributed by atoms with Crippen LogP contribution in [0.1, 0.15) is 6.92 Å². The van der Waals surface area contributed by atoms with Crippen molar-refractivity contribution < 1.29 is 27.9 Å². The molecule has 1 saturated heterocycles. The first kappa shape index (κ1) is 18.8. The zero-order chi connectivity index (χ0) is 19.8. The summed E-state index contributed by atoms with van der Waals surface area (Å²) in [6.07, 6.45) is -0.222. The van der Waals surface area contributed by atoms with Gasteiger partial charge in [-0.05, 0) is 37.3 Å². The zero-order valence-corrected chi connectivity index (χ0v) is 14.3. The van der Waals surface area contributed by atoms with Crippen LogP contribution in [0.2, 0.25) is 0 Å². The Labute approximate surface area is 153 Å². The molecular formula is C18H18F3N3O3. The predicted octanol–water partition coefficient (Wildman–Crippen LogP) is 2.72. The van der Waals surface area contributed by atoms with E-state index in [1.807, 2.05) is 0 Å². The van der Waals surface area contributed by atoms with Crippen LogP contribution in [-0.4, -0.2) is 35.8 Å². The SMILES string of the molecule is CC1([C@@H]2CNC(=O)[C@H]2NC(=O)Nc2ccc(F)cc2)C(F)=CC(O)=CC1F. The van der Waals surface area contributed by atoms with Gasteiger partial charge in [-0.1, -0.05) is 0 Å². The summed E-state index contributed by atoms with van der Waals surface area (Å²) < 4.78 is 42.0. The lowest BCUT2D eigenvalue weighted by Gasteiger charge is -2.39. The largest absolute Gasteiger partial charge is 0.508 e. The van der Waals surface area contributed by atoms with E-state index in [0.717, 1.165) is 24.3 Å². The van der Waals surface area contributed by atoms with Gasteiger partial charge in [0, 0.05) is 24.2 Å². The van der Waals surface area contributed by atoms with Crippen LogP contribution in [0.25, 0.3) is 0 Å². The van der Waals surface area contributed by atoms with Crippen LogP contribution in [0.4, 0.5) is 23.7 Å². The third-order valence-electron chi connectivity index (χ3n) is 5.02.